The number of benzene rings is 1. The number of methoxy groups -OCH3 is 2. The number of hydrogen-bond donors (Lipinski definition) is 2. The summed E-state index contributed by atoms with van der Waals surface area (Å²) in [4.78, 5) is 38.1. The van der Waals surface area contributed by atoms with Crippen LogP contribution in [0.2, 0.25) is 0 Å². The van der Waals surface area contributed by atoms with Gasteiger partial charge in [-0.05, 0) is 42.9 Å². The molecule has 1 aromatic heterocycles. The summed E-state index contributed by atoms with van der Waals surface area (Å²) in [6, 6.07) is 7.00. The zero-order valence-electron chi connectivity index (χ0n) is 25.5. The molecule has 2 atom stereocenters. The van der Waals surface area contributed by atoms with Crippen LogP contribution < -0.4 is 20.1 Å². The van der Waals surface area contributed by atoms with Crippen molar-refractivity contribution >= 4 is 17.6 Å². The number of rotatable bonds is 16. The number of nitrogens with one attached hydrogen (secondary N) is 2. The number of hydrogen-bond acceptors (Lipinski definition) is 6. The molecular weight excluding hydrogens is 520 g/mol. The highest BCUT2D eigenvalue weighted by Crippen LogP contribution is 2.39. The van der Waals surface area contributed by atoms with Gasteiger partial charge < -0.3 is 20.1 Å². The van der Waals surface area contributed by atoms with E-state index >= 15 is 0 Å². The van der Waals surface area contributed by atoms with E-state index in [9.17, 15) is 14.4 Å². The summed E-state index contributed by atoms with van der Waals surface area (Å²) in [6.45, 7) is 6.69. The Balaban J connectivity index is 1.86. The predicted octanol–water partition coefficient (Wildman–Crippen LogP) is 5.56. The van der Waals surface area contributed by atoms with Gasteiger partial charge in [0.2, 0.25) is 5.91 Å². The summed E-state index contributed by atoms with van der Waals surface area (Å²) in [5.74, 6) is 1.63. The van der Waals surface area contributed by atoms with E-state index in [1.54, 1.807) is 27.2 Å². The number of carbonyl (C=O) groups is 3. The van der Waals surface area contributed by atoms with Crippen LogP contribution in [0.25, 0.3) is 11.3 Å². The molecule has 2 aromatic rings. The molecule has 0 aliphatic heterocycles. The summed E-state index contributed by atoms with van der Waals surface area (Å²) in [7, 11) is 3.22. The van der Waals surface area contributed by atoms with Crippen molar-refractivity contribution in [2.75, 3.05) is 20.8 Å². The number of ketones is 1. The van der Waals surface area contributed by atoms with Crippen molar-refractivity contribution < 1.29 is 23.9 Å². The molecule has 2 N–H and O–H groups in total. The summed E-state index contributed by atoms with van der Waals surface area (Å²) < 4.78 is 13.2. The maximum absolute atomic E-state index is 13.6. The number of aromatic nitrogens is 2. The lowest BCUT2D eigenvalue weighted by atomic mass is 9.85. The van der Waals surface area contributed by atoms with Gasteiger partial charge in [-0.15, -0.1) is 0 Å². The number of ether oxygens (including phenoxy) is 2. The summed E-state index contributed by atoms with van der Waals surface area (Å²) in [6.07, 6.45) is 9.27. The molecule has 1 fully saturated rings. The zero-order chi connectivity index (χ0) is 29.8. The van der Waals surface area contributed by atoms with Gasteiger partial charge in [0, 0.05) is 25.4 Å². The maximum Gasteiger partial charge on any atom is 0.272 e. The van der Waals surface area contributed by atoms with E-state index in [-0.39, 0.29) is 42.3 Å². The lowest BCUT2D eigenvalue weighted by Crippen LogP contribution is -2.40. The van der Waals surface area contributed by atoms with Gasteiger partial charge >= 0.3 is 0 Å². The van der Waals surface area contributed by atoms with Gasteiger partial charge in [-0.3, -0.25) is 19.1 Å². The van der Waals surface area contributed by atoms with Crippen molar-refractivity contribution in [3.8, 4) is 22.8 Å². The molecule has 41 heavy (non-hydrogen) atoms. The van der Waals surface area contributed by atoms with Gasteiger partial charge in [-0.1, -0.05) is 65.4 Å². The Kier molecular flexibility index (Phi) is 12.7. The van der Waals surface area contributed by atoms with Crippen LogP contribution in [0.5, 0.6) is 11.5 Å². The van der Waals surface area contributed by atoms with E-state index in [1.807, 2.05) is 22.9 Å². The van der Waals surface area contributed by atoms with Gasteiger partial charge in [0.15, 0.2) is 11.5 Å². The van der Waals surface area contributed by atoms with Crippen molar-refractivity contribution in [1.29, 1.82) is 0 Å². The van der Waals surface area contributed by atoms with Crippen molar-refractivity contribution in [2.45, 2.75) is 97.6 Å². The topological polar surface area (TPSA) is 112 Å². The highest BCUT2D eigenvalue weighted by molar-refractivity contribution is 5.94. The van der Waals surface area contributed by atoms with Crippen molar-refractivity contribution in [3.63, 3.8) is 0 Å². The lowest BCUT2D eigenvalue weighted by molar-refractivity contribution is -0.125. The standard InChI is InChI=1S/C32H48N4O5/c1-6-22(3)21-36-27(31-28(40-4)14-11-15-29(31)41-5)19-26(35-36)32(39)34-24(17-16-23-12-9-8-10-13-23)18-30(38)33-20-25(37)7-2/h11,14-15,19,22-24H,6-10,12-13,16-18,20-21H2,1-5H3,(H,33,38)(H,34,39)/t22?,24-/m0/s1. The minimum absolute atomic E-state index is 0.0166. The number of amides is 2. The molecule has 1 unspecified atom stereocenters. The number of Topliss-reactive ketones (excluding diaryl/α,β-unsaturated/α-hetero) is 1. The van der Waals surface area contributed by atoms with Crippen molar-refractivity contribution in [2.24, 2.45) is 11.8 Å². The first-order valence-corrected chi connectivity index (χ1v) is 15.2. The molecule has 0 saturated heterocycles. The molecule has 9 nitrogen and oxygen atoms in total. The van der Waals surface area contributed by atoms with Crippen LogP contribution in [-0.4, -0.2) is 54.2 Å². The van der Waals surface area contributed by atoms with Crippen LogP contribution in [-0.2, 0) is 16.1 Å². The highest BCUT2D eigenvalue weighted by atomic mass is 16.5. The second-order valence-electron chi connectivity index (χ2n) is 11.3. The number of carbonyl (C=O) groups excluding carboxylic acids is 3. The SMILES string of the molecule is CCC(=O)CNC(=O)C[C@H](CCC1CCCCC1)NC(=O)c1cc(-c2c(OC)cccc2OC)n(CC(C)CC)n1. The van der Waals surface area contributed by atoms with E-state index < -0.39 is 0 Å². The largest absolute Gasteiger partial charge is 0.496 e. The average Bonchev–Trinajstić information content (AvgIpc) is 3.41. The maximum atomic E-state index is 13.6. The van der Waals surface area contributed by atoms with Crippen LogP contribution in [0, 0.1) is 11.8 Å². The van der Waals surface area contributed by atoms with Crippen molar-refractivity contribution in [3.05, 3.63) is 30.0 Å². The molecule has 1 aromatic carbocycles. The average molecular weight is 569 g/mol. The van der Waals surface area contributed by atoms with Gasteiger partial charge in [-0.25, -0.2) is 0 Å². The monoisotopic (exact) mass is 568 g/mol. The molecule has 226 valence electrons. The molecule has 1 saturated carbocycles. The minimum Gasteiger partial charge on any atom is -0.496 e. The van der Waals surface area contributed by atoms with Crippen LogP contribution in [0.3, 0.4) is 0 Å². The Hall–Kier alpha value is -3.36. The van der Waals surface area contributed by atoms with Gasteiger partial charge in [0.05, 0.1) is 32.0 Å². The molecule has 1 aliphatic rings. The Morgan fingerprint density at radius 2 is 1.76 bits per heavy atom. The normalized spacial score (nSPS) is 15.1. The van der Waals surface area contributed by atoms with E-state index in [4.69, 9.17) is 14.6 Å². The lowest BCUT2D eigenvalue weighted by Gasteiger charge is -2.24. The molecule has 1 aliphatic carbocycles. The van der Waals surface area contributed by atoms with E-state index in [1.165, 1.54) is 32.1 Å². The van der Waals surface area contributed by atoms with E-state index in [2.05, 4.69) is 24.5 Å². The highest BCUT2D eigenvalue weighted by Gasteiger charge is 2.25. The van der Waals surface area contributed by atoms with Crippen LogP contribution in [0.4, 0.5) is 0 Å². The molecule has 2 amide bonds. The molecule has 9 heteroatoms. The first kappa shape index (κ1) is 32.2. The summed E-state index contributed by atoms with van der Waals surface area (Å²) in [5.41, 5.74) is 1.75. The predicted molar refractivity (Wildman–Crippen MR) is 160 cm³/mol. The minimum atomic E-state index is -0.356. The van der Waals surface area contributed by atoms with E-state index in [0.717, 1.165) is 24.1 Å². The Morgan fingerprint density at radius 1 is 1.07 bits per heavy atom. The Labute approximate surface area is 244 Å². The van der Waals surface area contributed by atoms with Gasteiger partial charge in [0.25, 0.3) is 5.91 Å². The molecule has 1 heterocycles. The smallest absolute Gasteiger partial charge is 0.272 e. The third-order valence-electron chi connectivity index (χ3n) is 8.17. The van der Waals surface area contributed by atoms with Crippen molar-refractivity contribution in [1.82, 2.24) is 20.4 Å². The third kappa shape index (κ3) is 9.33. The first-order chi connectivity index (χ1) is 19.8. The first-order valence-electron chi connectivity index (χ1n) is 15.2. The van der Waals surface area contributed by atoms with Crippen LogP contribution >= 0.6 is 0 Å². The van der Waals surface area contributed by atoms with E-state index in [0.29, 0.717) is 42.7 Å². The fourth-order valence-electron chi connectivity index (χ4n) is 5.41. The fraction of sp³-hybridized carbons (Fsp3) is 0.625. The van der Waals surface area contributed by atoms with Crippen LogP contribution in [0.1, 0.15) is 95.5 Å². The fourth-order valence-corrected chi connectivity index (χ4v) is 5.41. The van der Waals surface area contributed by atoms with Crippen LogP contribution in [0.15, 0.2) is 24.3 Å². The molecule has 0 radical (unpaired) electrons. The summed E-state index contributed by atoms with van der Waals surface area (Å²) in [5, 5.41) is 10.5. The van der Waals surface area contributed by atoms with Gasteiger partial charge in [0.1, 0.15) is 11.5 Å². The number of nitrogens with zero attached hydrogens (tertiary/aromatic N) is 2. The second kappa shape index (κ2) is 16.2. The second-order valence-corrected chi connectivity index (χ2v) is 11.3. The Bertz CT molecular complexity index is 1130. The summed E-state index contributed by atoms with van der Waals surface area (Å²) >= 11 is 0. The van der Waals surface area contributed by atoms with Gasteiger partial charge in [-0.2, -0.15) is 5.10 Å². The third-order valence-corrected chi connectivity index (χ3v) is 8.17. The molecule has 0 spiro atoms. The molecule has 3 rings (SSSR count). The quantitative estimate of drug-likeness (QED) is 0.274. The molecule has 0 bridgehead atoms. The molecular formula is C32H48N4O5. The zero-order valence-corrected chi connectivity index (χ0v) is 25.5. The Morgan fingerprint density at radius 3 is 2.37 bits per heavy atom.